The van der Waals surface area contributed by atoms with Crippen molar-refractivity contribution in [1.82, 2.24) is 47.4 Å². The van der Waals surface area contributed by atoms with Crippen LogP contribution in [0.3, 0.4) is 0 Å². The van der Waals surface area contributed by atoms with Crippen LogP contribution in [-0.2, 0) is 64.0 Å². The number of hydrogen-bond acceptors (Lipinski definition) is 22. The molecule has 1 saturated heterocycles. The number of thioether (sulfide) groups is 2. The lowest BCUT2D eigenvalue weighted by Crippen LogP contribution is -2.61. The Hall–Kier alpha value is -10.9. The number of phenols is 2. The number of aromatic carboxylic acids is 1. The third kappa shape index (κ3) is 21.6. The summed E-state index contributed by atoms with van der Waals surface area (Å²) in [6.07, 6.45) is -0.489. The van der Waals surface area contributed by atoms with E-state index in [1.807, 2.05) is 0 Å². The molecule has 1 fully saturated rings. The summed E-state index contributed by atoms with van der Waals surface area (Å²) in [6.45, 7) is -2.46. The number of aromatic hydroxyl groups is 2. The number of hydrogen-bond donors (Lipinski definition) is 17. The summed E-state index contributed by atoms with van der Waals surface area (Å²) in [7, 11) is 0. The zero-order valence-electron chi connectivity index (χ0n) is 53.7. The topological polar surface area (TPSA) is 562 Å². The van der Waals surface area contributed by atoms with Crippen molar-refractivity contribution in [3.63, 3.8) is 0 Å². The molecular formula is C64H75N11O23S2. The van der Waals surface area contributed by atoms with Crippen molar-refractivity contribution in [2.24, 2.45) is 11.5 Å². The van der Waals surface area contributed by atoms with Gasteiger partial charge in [-0.1, -0.05) is 18.2 Å². The van der Waals surface area contributed by atoms with Crippen molar-refractivity contribution in [2.75, 3.05) is 43.8 Å². The van der Waals surface area contributed by atoms with Gasteiger partial charge in [0.2, 0.25) is 59.1 Å². The van der Waals surface area contributed by atoms with Crippen molar-refractivity contribution in [1.29, 1.82) is 0 Å². The Morgan fingerprint density at radius 1 is 0.570 bits per heavy atom. The number of nitrogens with two attached hydrogens (primary N) is 2. The highest BCUT2D eigenvalue weighted by molar-refractivity contribution is 7.98. The van der Waals surface area contributed by atoms with Crippen LogP contribution in [0, 0.1) is 0 Å². The number of rotatable bonds is 37. The molecule has 0 aromatic heterocycles. The average Bonchev–Trinajstić information content (AvgIpc) is 0.847. The van der Waals surface area contributed by atoms with Crippen molar-refractivity contribution < 1.29 is 107 Å². The first-order valence-electron chi connectivity index (χ1n) is 30.8. The molecule has 2 heterocycles. The highest BCUT2D eigenvalue weighted by atomic mass is 32.2. The van der Waals surface area contributed by atoms with Crippen LogP contribution in [0.4, 0.5) is 0 Å². The highest BCUT2D eigenvalue weighted by Gasteiger charge is 2.41. The molecule has 536 valence electrons. The molecule has 0 radical (unpaired) electrons. The van der Waals surface area contributed by atoms with Crippen molar-refractivity contribution >= 4 is 117 Å². The van der Waals surface area contributed by atoms with Gasteiger partial charge in [0.15, 0.2) is 5.43 Å². The Kier molecular flexibility index (Phi) is 28.6. The van der Waals surface area contributed by atoms with Crippen LogP contribution >= 0.6 is 23.5 Å². The van der Waals surface area contributed by atoms with E-state index in [0.717, 1.165) is 11.0 Å². The molecule has 11 amide bonds. The Balaban J connectivity index is 1.13. The van der Waals surface area contributed by atoms with Crippen LogP contribution in [0.15, 0.2) is 88.1 Å². The fourth-order valence-corrected chi connectivity index (χ4v) is 11.6. The van der Waals surface area contributed by atoms with Gasteiger partial charge in [-0.15, -0.1) is 0 Å². The molecule has 9 atom stereocenters. The number of aliphatic hydroxyl groups is 2. The summed E-state index contributed by atoms with van der Waals surface area (Å²) >= 11 is 2.47. The average molecular weight is 1430 g/mol. The van der Waals surface area contributed by atoms with Gasteiger partial charge in [-0.2, -0.15) is 23.5 Å². The van der Waals surface area contributed by atoms with Gasteiger partial charge >= 0.3 is 17.9 Å². The first-order chi connectivity index (χ1) is 47.5. The second-order valence-electron chi connectivity index (χ2n) is 22.9. The van der Waals surface area contributed by atoms with Gasteiger partial charge in [-0.05, 0) is 116 Å². The minimum atomic E-state index is -1.91. The lowest BCUT2D eigenvalue weighted by molar-refractivity contribution is -0.144. The summed E-state index contributed by atoms with van der Waals surface area (Å²) in [5.74, 6) is -16.7. The predicted octanol–water partition coefficient (Wildman–Crippen LogP) is -2.41. The first-order valence-corrected chi connectivity index (χ1v) is 33.6. The van der Waals surface area contributed by atoms with Gasteiger partial charge < -0.3 is 99.1 Å². The second kappa shape index (κ2) is 36.7. The molecule has 0 unspecified atom stereocenters. The number of fused-ring (bicyclic) bond motifs is 2. The quantitative estimate of drug-likeness (QED) is 0.0184. The summed E-state index contributed by atoms with van der Waals surface area (Å²) in [6, 6.07) is 1.56. The molecule has 0 saturated carbocycles. The number of primary amides is 2. The summed E-state index contributed by atoms with van der Waals surface area (Å²) in [5.41, 5.74) is 10.9. The number of carboxylic acid groups (broad SMARTS) is 3. The molecule has 0 bridgehead atoms. The Labute approximate surface area is 576 Å². The van der Waals surface area contributed by atoms with Gasteiger partial charge in [-0.3, -0.25) is 67.1 Å². The molecule has 2 aliphatic heterocycles. The van der Waals surface area contributed by atoms with Crippen molar-refractivity contribution in [2.45, 2.75) is 112 Å². The van der Waals surface area contributed by atoms with E-state index in [9.17, 15) is 108 Å². The van der Waals surface area contributed by atoms with E-state index in [2.05, 4.69) is 42.5 Å². The lowest BCUT2D eigenvalue weighted by Gasteiger charge is -2.31. The Bertz CT molecular complexity index is 3950. The van der Waals surface area contributed by atoms with Crippen LogP contribution in [0.1, 0.15) is 77.6 Å². The number of carboxylic acids is 3. The number of nitrogens with one attached hydrogen (secondary N) is 8. The molecular weight excluding hydrogens is 1350 g/mol. The Morgan fingerprint density at radius 3 is 1.66 bits per heavy atom. The zero-order chi connectivity index (χ0) is 73.7. The van der Waals surface area contributed by atoms with Gasteiger partial charge in [0, 0.05) is 53.6 Å². The normalized spacial score (nSPS) is 15.0. The maximum absolute atomic E-state index is 14.4. The smallest absolute Gasteiger partial charge is 0.336 e. The van der Waals surface area contributed by atoms with Crippen LogP contribution in [0.2, 0.25) is 0 Å². The molecule has 36 heteroatoms. The molecule has 1 aliphatic carbocycles. The number of amides is 11. The number of carbonyl (C=O) groups excluding carboxylic acids is 11. The van der Waals surface area contributed by atoms with Gasteiger partial charge in [0.25, 0.3) is 5.91 Å². The second-order valence-corrected chi connectivity index (χ2v) is 24.9. The molecule has 3 aliphatic rings. The summed E-state index contributed by atoms with van der Waals surface area (Å²) in [5, 5.41) is 89.2. The molecule has 100 heavy (non-hydrogen) atoms. The summed E-state index contributed by atoms with van der Waals surface area (Å²) in [4.78, 5) is 200. The highest BCUT2D eigenvalue weighted by Crippen LogP contribution is 2.42. The number of aliphatic hydroxyl groups excluding tert-OH is 2. The number of benzene rings is 4. The maximum atomic E-state index is 14.4. The van der Waals surface area contributed by atoms with Crippen LogP contribution < -0.4 is 59.4 Å². The summed E-state index contributed by atoms with van der Waals surface area (Å²) < 4.78 is 5.88. The molecule has 6 rings (SSSR count). The SMILES string of the molecule is CSCC[C@H](NC(=O)c1ccc(-c2c3ccc(=O)cc-3oc3cc(O)ccc23)c(C(=O)O)c1)C(=O)N[C@@H](CO)C(=O)N[C@@H](CO)C(=O)N[C@@H](CCSC)C(=O)N[C@@H](CC(N)=O)C(=O)N1CCC[C@H]1C(=O)N[C@@H](CCC(=O)O)C(=O)N[C@@H](Cc1ccc(O)cc1)C(=O)N[C@@H](CC(=O)O)C(N)=O. The number of aliphatic carboxylic acids is 2. The van der Waals surface area contributed by atoms with E-state index in [0.29, 0.717) is 16.5 Å². The van der Waals surface area contributed by atoms with E-state index in [4.69, 9.17) is 15.9 Å². The predicted molar refractivity (Wildman–Crippen MR) is 357 cm³/mol. The van der Waals surface area contributed by atoms with Crippen molar-refractivity contribution in [3.8, 4) is 33.9 Å². The van der Waals surface area contributed by atoms with E-state index >= 15 is 0 Å². The largest absolute Gasteiger partial charge is 0.508 e. The number of likely N-dealkylation sites (tertiary alicyclic amines) is 1. The third-order valence-corrected chi connectivity index (χ3v) is 17.0. The molecule has 19 N–H and O–H groups in total. The van der Waals surface area contributed by atoms with E-state index in [-0.39, 0.29) is 95.3 Å². The van der Waals surface area contributed by atoms with Crippen LogP contribution in [0.5, 0.6) is 11.5 Å². The minimum Gasteiger partial charge on any atom is -0.508 e. The van der Waals surface area contributed by atoms with Crippen LogP contribution in [-0.4, -0.2) is 222 Å². The number of carbonyl (C=O) groups is 14. The van der Waals surface area contributed by atoms with E-state index in [1.54, 1.807) is 12.5 Å². The zero-order valence-corrected chi connectivity index (χ0v) is 55.3. The van der Waals surface area contributed by atoms with Crippen LogP contribution in [0.25, 0.3) is 33.4 Å². The molecule has 34 nitrogen and oxygen atoms in total. The third-order valence-electron chi connectivity index (χ3n) is 15.8. The maximum Gasteiger partial charge on any atom is 0.336 e. The molecule has 0 spiro atoms. The van der Waals surface area contributed by atoms with Gasteiger partial charge in [0.05, 0.1) is 31.6 Å². The van der Waals surface area contributed by atoms with Gasteiger partial charge in [-0.25, -0.2) is 4.79 Å². The monoisotopic (exact) mass is 1430 g/mol. The Morgan fingerprint density at radius 2 is 1.10 bits per heavy atom. The van der Waals surface area contributed by atoms with E-state index in [1.165, 1.54) is 96.3 Å². The molecule has 3 aromatic rings. The lowest BCUT2D eigenvalue weighted by atomic mass is 9.89. The molecule has 3 aromatic carbocycles. The van der Waals surface area contributed by atoms with E-state index < -0.39 is 182 Å². The number of phenolic OH excluding ortho intramolecular Hbond substituents is 2. The number of nitrogens with zero attached hydrogens (tertiary/aromatic N) is 1. The fraction of sp³-hybridized carbons (Fsp3) is 0.391. The standard InChI is InChI=1S/C64H75N11O23S2/c1-99-20-17-40(67-55(87)31-7-12-35(38(23-31)64(96)97)53-36-13-10-33(79)24-48(36)98-49-25-34(80)11-14-37(49)53)58(90)73-46(29-77)61(93)74-45(28-76)60(92)68-41(18-21-100-2)57(89)72-44(26-50(65)81)63(95)75-19-3-4-47(75)62(94)69-39(15-16-51(82)83)56(88)71-43(22-30-5-8-32(78)9-6-30)59(91)70-42(54(66)86)27-52(84)85/h5-14,23-25,39-47,76-79H,3-4,15-22,26-29H2,1-2H3,(H2,65,81)(H2,66,86)(H,67,87)(H,68,92)(H,69,94)(H,70,91)(H,71,88)(H,72,89)(H,73,90)(H,74,93)(H,82,83)(H,84,85)(H,96,97)/t39-,40-,41-,42-,43-,44-,45-,46-,47-/m0/s1. The van der Waals surface area contributed by atoms with Crippen molar-refractivity contribution in [3.05, 3.63) is 106 Å². The fourth-order valence-electron chi connectivity index (χ4n) is 10.7. The first kappa shape index (κ1) is 78.1. The minimum absolute atomic E-state index is 0.0717. The van der Waals surface area contributed by atoms with Gasteiger partial charge in [0.1, 0.15) is 77.2 Å².